The highest BCUT2D eigenvalue weighted by Crippen LogP contribution is 2.39. The van der Waals surface area contributed by atoms with Gasteiger partial charge in [0.25, 0.3) is 0 Å². The Kier molecular flexibility index (Phi) is 6.45. The van der Waals surface area contributed by atoms with E-state index in [0.717, 1.165) is 32.2 Å². The molecule has 1 aromatic rings. The summed E-state index contributed by atoms with van der Waals surface area (Å²) in [6.45, 7) is 11.8. The first-order chi connectivity index (χ1) is 11.8. The van der Waals surface area contributed by atoms with Crippen LogP contribution >= 0.6 is 0 Å². The maximum atomic E-state index is 12.7. The van der Waals surface area contributed by atoms with Crippen molar-refractivity contribution in [1.29, 1.82) is 0 Å². The Balaban J connectivity index is 2.24. The van der Waals surface area contributed by atoms with Crippen LogP contribution in [0.1, 0.15) is 25.0 Å². The Morgan fingerprint density at radius 2 is 2.00 bits per heavy atom. The number of phenolic OH excluding ortho intramolecular Hbond substituents is 2. The van der Waals surface area contributed by atoms with Gasteiger partial charge in [-0.3, -0.25) is 4.90 Å². The summed E-state index contributed by atoms with van der Waals surface area (Å²) in [5.41, 5.74) is 1.25. The predicted octanol–water partition coefficient (Wildman–Crippen LogP) is 0.877. The van der Waals surface area contributed by atoms with E-state index in [4.69, 9.17) is 0 Å². The van der Waals surface area contributed by atoms with Gasteiger partial charge in [-0.25, -0.2) is 13.1 Å². The van der Waals surface area contributed by atoms with Crippen LogP contribution in [0.5, 0.6) is 11.5 Å². The van der Waals surface area contributed by atoms with Crippen molar-refractivity contribution in [3.63, 3.8) is 0 Å². The van der Waals surface area contributed by atoms with Gasteiger partial charge in [-0.1, -0.05) is 13.5 Å². The van der Waals surface area contributed by atoms with E-state index >= 15 is 0 Å². The first-order valence-corrected chi connectivity index (χ1v) is 9.92. The molecule has 0 unspecified atom stereocenters. The van der Waals surface area contributed by atoms with E-state index in [0.29, 0.717) is 29.7 Å². The monoisotopic (exact) mass is 369 g/mol. The summed E-state index contributed by atoms with van der Waals surface area (Å²) < 4.78 is 28.1. The highest BCUT2D eigenvalue weighted by molar-refractivity contribution is 7.89. The van der Waals surface area contributed by atoms with Crippen molar-refractivity contribution >= 4 is 15.6 Å². The van der Waals surface area contributed by atoms with E-state index < -0.39 is 15.8 Å². The lowest BCUT2D eigenvalue weighted by atomic mass is 9.98. The maximum absolute atomic E-state index is 12.7. The molecule has 25 heavy (non-hydrogen) atoms. The quantitative estimate of drug-likeness (QED) is 0.532. The summed E-state index contributed by atoms with van der Waals surface area (Å²) >= 11 is 0. The minimum absolute atomic E-state index is 0.0105. The third-order valence-electron chi connectivity index (χ3n) is 4.35. The molecule has 7 nitrogen and oxygen atoms in total. The Morgan fingerprint density at radius 1 is 1.36 bits per heavy atom. The number of piperazine rings is 1. The van der Waals surface area contributed by atoms with Crippen molar-refractivity contribution in [2.24, 2.45) is 0 Å². The SMILES string of the molecule is C=C(C)c1c(O)c(O)cc(S(=O)(=O)NCCN2CCNCC2)c1CC. The predicted molar refractivity (Wildman–Crippen MR) is 98.4 cm³/mol. The van der Waals surface area contributed by atoms with Gasteiger partial charge < -0.3 is 15.5 Å². The molecule has 0 atom stereocenters. The largest absolute Gasteiger partial charge is 0.504 e. The molecule has 2 rings (SSSR count). The molecule has 140 valence electrons. The average Bonchev–Trinajstić information content (AvgIpc) is 2.57. The van der Waals surface area contributed by atoms with Gasteiger partial charge in [-0.15, -0.1) is 0 Å². The van der Waals surface area contributed by atoms with Crippen molar-refractivity contribution < 1.29 is 18.6 Å². The smallest absolute Gasteiger partial charge is 0.241 e. The lowest BCUT2D eigenvalue weighted by molar-refractivity contribution is 0.245. The fourth-order valence-electron chi connectivity index (χ4n) is 3.07. The molecule has 0 spiro atoms. The summed E-state index contributed by atoms with van der Waals surface area (Å²) in [6, 6.07) is 1.10. The third-order valence-corrected chi connectivity index (χ3v) is 5.87. The van der Waals surface area contributed by atoms with Gasteiger partial charge in [0.05, 0.1) is 4.90 Å². The van der Waals surface area contributed by atoms with Gasteiger partial charge in [0.1, 0.15) is 0 Å². The fraction of sp³-hybridized carbons (Fsp3) is 0.529. The minimum Gasteiger partial charge on any atom is -0.504 e. The molecule has 1 saturated heterocycles. The molecule has 0 amide bonds. The van der Waals surface area contributed by atoms with Crippen LogP contribution in [0.4, 0.5) is 0 Å². The zero-order chi connectivity index (χ0) is 18.6. The van der Waals surface area contributed by atoms with Crippen LogP contribution in [0, 0.1) is 0 Å². The summed E-state index contributed by atoms with van der Waals surface area (Å²) in [7, 11) is -3.80. The summed E-state index contributed by atoms with van der Waals surface area (Å²) in [4.78, 5) is 2.18. The van der Waals surface area contributed by atoms with E-state index in [1.807, 2.05) is 0 Å². The second-order valence-corrected chi connectivity index (χ2v) is 7.95. The number of aromatic hydroxyl groups is 2. The number of sulfonamides is 1. The highest BCUT2D eigenvalue weighted by atomic mass is 32.2. The van der Waals surface area contributed by atoms with Gasteiger partial charge >= 0.3 is 0 Å². The Bertz CT molecular complexity index is 741. The first kappa shape index (κ1) is 19.7. The number of rotatable bonds is 7. The summed E-state index contributed by atoms with van der Waals surface area (Å²) in [5.74, 6) is -0.790. The number of nitrogens with one attached hydrogen (secondary N) is 2. The second kappa shape index (κ2) is 8.18. The number of phenols is 2. The van der Waals surface area contributed by atoms with Crippen LogP contribution < -0.4 is 10.0 Å². The zero-order valence-corrected chi connectivity index (χ0v) is 15.6. The van der Waals surface area contributed by atoms with Crippen molar-refractivity contribution in [3.8, 4) is 11.5 Å². The maximum Gasteiger partial charge on any atom is 0.241 e. The lowest BCUT2D eigenvalue weighted by Gasteiger charge is -2.27. The number of hydrogen-bond acceptors (Lipinski definition) is 6. The molecule has 0 bridgehead atoms. The molecular weight excluding hydrogens is 342 g/mol. The Hall–Kier alpha value is -1.61. The molecule has 1 aliphatic rings. The molecule has 0 radical (unpaired) electrons. The van der Waals surface area contributed by atoms with Crippen molar-refractivity contribution in [1.82, 2.24) is 14.9 Å². The third kappa shape index (κ3) is 4.52. The van der Waals surface area contributed by atoms with Crippen molar-refractivity contribution in [2.45, 2.75) is 25.2 Å². The molecule has 1 aromatic carbocycles. The minimum atomic E-state index is -3.80. The van der Waals surface area contributed by atoms with E-state index in [-0.39, 0.29) is 17.2 Å². The number of nitrogens with zero attached hydrogens (tertiary/aromatic N) is 1. The average molecular weight is 369 g/mol. The Morgan fingerprint density at radius 3 is 2.56 bits per heavy atom. The topological polar surface area (TPSA) is 102 Å². The highest BCUT2D eigenvalue weighted by Gasteiger charge is 2.25. The van der Waals surface area contributed by atoms with Crippen molar-refractivity contribution in [3.05, 3.63) is 23.8 Å². The van der Waals surface area contributed by atoms with Crippen LogP contribution in [0.25, 0.3) is 5.57 Å². The molecule has 8 heteroatoms. The van der Waals surface area contributed by atoms with Crippen LogP contribution in [-0.2, 0) is 16.4 Å². The van der Waals surface area contributed by atoms with Gasteiger partial charge in [-0.05, 0) is 24.5 Å². The van der Waals surface area contributed by atoms with Gasteiger partial charge in [0, 0.05) is 50.9 Å². The summed E-state index contributed by atoms with van der Waals surface area (Å²) in [6.07, 6.45) is 0.393. The number of allylic oxidation sites excluding steroid dienone is 1. The molecule has 1 fully saturated rings. The fourth-order valence-corrected chi connectivity index (χ4v) is 4.43. The van der Waals surface area contributed by atoms with E-state index in [1.54, 1.807) is 13.8 Å². The molecule has 0 aromatic heterocycles. The number of hydrogen-bond donors (Lipinski definition) is 4. The normalized spacial score (nSPS) is 16.1. The molecular formula is C17H27N3O4S. The van der Waals surface area contributed by atoms with Gasteiger partial charge in [0.2, 0.25) is 10.0 Å². The molecule has 1 aliphatic heterocycles. The second-order valence-electron chi connectivity index (χ2n) is 6.22. The van der Waals surface area contributed by atoms with Gasteiger partial charge in [-0.2, -0.15) is 0 Å². The molecule has 1 heterocycles. The van der Waals surface area contributed by atoms with Crippen LogP contribution in [-0.4, -0.2) is 62.8 Å². The van der Waals surface area contributed by atoms with Crippen LogP contribution in [0.2, 0.25) is 0 Å². The zero-order valence-electron chi connectivity index (χ0n) is 14.8. The molecule has 0 saturated carbocycles. The van der Waals surface area contributed by atoms with E-state index in [1.165, 1.54) is 0 Å². The standard InChI is InChI=1S/C17H27N3O4S/c1-4-13-15(11-14(21)17(22)16(13)12(2)3)25(23,24)19-7-10-20-8-5-18-6-9-20/h11,18-19,21-22H,2,4-10H2,1,3H3. The number of benzene rings is 1. The van der Waals surface area contributed by atoms with Crippen LogP contribution in [0.3, 0.4) is 0 Å². The Labute approximate surface area is 149 Å². The molecule has 0 aliphatic carbocycles. The van der Waals surface area contributed by atoms with Gasteiger partial charge in [0.15, 0.2) is 11.5 Å². The van der Waals surface area contributed by atoms with E-state index in [2.05, 4.69) is 21.5 Å². The first-order valence-electron chi connectivity index (χ1n) is 8.44. The van der Waals surface area contributed by atoms with Crippen LogP contribution in [0.15, 0.2) is 17.5 Å². The molecule has 4 N–H and O–H groups in total. The van der Waals surface area contributed by atoms with Crippen molar-refractivity contribution in [2.75, 3.05) is 39.3 Å². The van der Waals surface area contributed by atoms with E-state index in [9.17, 15) is 18.6 Å². The summed E-state index contributed by atoms with van der Waals surface area (Å²) in [5, 5.41) is 23.3. The lowest BCUT2D eigenvalue weighted by Crippen LogP contribution is -2.46.